The van der Waals surface area contributed by atoms with Crippen molar-refractivity contribution >= 4 is 11.8 Å². The van der Waals surface area contributed by atoms with Crippen molar-refractivity contribution in [3.8, 4) is 0 Å². The van der Waals surface area contributed by atoms with Gasteiger partial charge in [-0.1, -0.05) is 0 Å². The average Bonchev–Trinajstić information content (AvgIpc) is 2.19. The van der Waals surface area contributed by atoms with Crippen molar-refractivity contribution in [2.45, 2.75) is 11.3 Å². The van der Waals surface area contributed by atoms with Crippen LogP contribution in [0.5, 0.6) is 0 Å². The topological polar surface area (TPSA) is 35.2 Å². The summed E-state index contributed by atoms with van der Waals surface area (Å²) in [6.45, 7) is 1.45. The summed E-state index contributed by atoms with van der Waals surface area (Å²) < 4.78 is 31.3. The van der Waals surface area contributed by atoms with E-state index in [1.54, 1.807) is 11.8 Å². The Balaban J connectivity index is 1.95. The van der Waals surface area contributed by atoms with E-state index < -0.39 is 17.7 Å². The number of benzene rings is 1. The van der Waals surface area contributed by atoms with E-state index in [1.807, 2.05) is 0 Å². The maximum absolute atomic E-state index is 13.4. The minimum Gasteiger partial charge on any atom is -0.379 e. The van der Waals surface area contributed by atoms with Crippen molar-refractivity contribution in [3.05, 3.63) is 35.4 Å². The SMILES string of the molecule is NC(CSC1COC1)c1cc(F)ccc1F. The Hall–Kier alpha value is -0.650. The molecule has 1 aromatic rings. The largest absolute Gasteiger partial charge is 0.379 e. The zero-order chi connectivity index (χ0) is 11.5. The first-order valence-corrected chi connectivity index (χ1v) is 6.11. The molecule has 5 heteroatoms. The molecular formula is C11H13F2NOS. The second kappa shape index (κ2) is 5.12. The van der Waals surface area contributed by atoms with Crippen LogP contribution in [0.4, 0.5) is 8.78 Å². The molecule has 1 fully saturated rings. The quantitative estimate of drug-likeness (QED) is 0.882. The number of halogens is 2. The molecule has 2 N–H and O–H groups in total. The van der Waals surface area contributed by atoms with E-state index in [0.717, 1.165) is 31.4 Å². The fourth-order valence-electron chi connectivity index (χ4n) is 1.44. The van der Waals surface area contributed by atoms with Crippen molar-refractivity contribution < 1.29 is 13.5 Å². The average molecular weight is 245 g/mol. The van der Waals surface area contributed by atoms with Gasteiger partial charge >= 0.3 is 0 Å². The summed E-state index contributed by atoms with van der Waals surface area (Å²) in [5, 5.41) is 0.447. The maximum atomic E-state index is 13.4. The molecule has 0 spiro atoms. The molecule has 0 saturated carbocycles. The number of hydrogen-bond acceptors (Lipinski definition) is 3. The Labute approximate surface area is 97.2 Å². The van der Waals surface area contributed by atoms with Crippen molar-refractivity contribution in [2.24, 2.45) is 5.73 Å². The predicted octanol–water partition coefficient (Wildman–Crippen LogP) is 2.10. The first-order chi connectivity index (χ1) is 7.66. The van der Waals surface area contributed by atoms with Crippen LogP contribution < -0.4 is 5.73 Å². The summed E-state index contributed by atoms with van der Waals surface area (Å²) in [5.74, 6) is -0.322. The lowest BCUT2D eigenvalue weighted by molar-refractivity contribution is 0.0455. The summed E-state index contributed by atoms with van der Waals surface area (Å²) >= 11 is 1.64. The van der Waals surface area contributed by atoms with Crippen LogP contribution in [0, 0.1) is 11.6 Å². The highest BCUT2D eigenvalue weighted by molar-refractivity contribution is 8.00. The summed E-state index contributed by atoms with van der Waals surface area (Å²) in [4.78, 5) is 0. The molecule has 2 nitrogen and oxygen atoms in total. The second-order valence-corrected chi connectivity index (χ2v) is 5.10. The lowest BCUT2D eigenvalue weighted by Gasteiger charge is -2.26. The van der Waals surface area contributed by atoms with Gasteiger partial charge in [0, 0.05) is 17.4 Å². The summed E-state index contributed by atoms with van der Waals surface area (Å²) in [5.41, 5.74) is 6.07. The van der Waals surface area contributed by atoms with E-state index in [2.05, 4.69) is 0 Å². The van der Waals surface area contributed by atoms with Crippen LogP contribution >= 0.6 is 11.8 Å². The Morgan fingerprint density at radius 2 is 2.19 bits per heavy atom. The van der Waals surface area contributed by atoms with Crippen LogP contribution in [0.15, 0.2) is 18.2 Å². The van der Waals surface area contributed by atoms with Gasteiger partial charge in [-0.05, 0) is 18.2 Å². The van der Waals surface area contributed by atoms with Crippen molar-refractivity contribution in [3.63, 3.8) is 0 Å². The van der Waals surface area contributed by atoms with E-state index in [4.69, 9.17) is 10.5 Å². The molecule has 1 atom stereocenters. The molecule has 0 radical (unpaired) electrons. The van der Waals surface area contributed by atoms with E-state index in [0.29, 0.717) is 11.0 Å². The Morgan fingerprint density at radius 3 is 2.81 bits per heavy atom. The molecule has 1 aliphatic rings. The van der Waals surface area contributed by atoms with Crippen LogP contribution in [0.2, 0.25) is 0 Å². The van der Waals surface area contributed by atoms with Crippen molar-refractivity contribution in [2.75, 3.05) is 19.0 Å². The third kappa shape index (κ3) is 2.72. The van der Waals surface area contributed by atoms with Crippen LogP contribution in [0.25, 0.3) is 0 Å². The minimum absolute atomic E-state index is 0.243. The number of hydrogen-bond donors (Lipinski definition) is 1. The van der Waals surface area contributed by atoms with Crippen molar-refractivity contribution in [1.82, 2.24) is 0 Å². The van der Waals surface area contributed by atoms with E-state index >= 15 is 0 Å². The molecule has 88 valence electrons. The van der Waals surface area contributed by atoms with Gasteiger partial charge in [-0.25, -0.2) is 8.78 Å². The van der Waals surface area contributed by atoms with Crippen LogP contribution in [-0.4, -0.2) is 24.2 Å². The molecule has 0 amide bonds. The number of nitrogens with two attached hydrogens (primary N) is 1. The third-order valence-electron chi connectivity index (χ3n) is 2.48. The van der Waals surface area contributed by atoms with Gasteiger partial charge < -0.3 is 10.5 Å². The molecule has 1 aliphatic heterocycles. The van der Waals surface area contributed by atoms with Gasteiger partial charge in [-0.2, -0.15) is 11.8 Å². The smallest absolute Gasteiger partial charge is 0.128 e. The first-order valence-electron chi connectivity index (χ1n) is 5.06. The van der Waals surface area contributed by atoms with Crippen LogP contribution in [-0.2, 0) is 4.74 Å². The normalized spacial score (nSPS) is 18.2. The van der Waals surface area contributed by atoms with Crippen molar-refractivity contribution in [1.29, 1.82) is 0 Å². The number of thioether (sulfide) groups is 1. The zero-order valence-electron chi connectivity index (χ0n) is 8.66. The van der Waals surface area contributed by atoms with Gasteiger partial charge in [0.1, 0.15) is 11.6 Å². The fourth-order valence-corrected chi connectivity index (χ4v) is 2.48. The van der Waals surface area contributed by atoms with Crippen LogP contribution in [0.3, 0.4) is 0 Å². The second-order valence-electron chi connectivity index (χ2n) is 3.77. The van der Waals surface area contributed by atoms with Gasteiger partial charge in [-0.15, -0.1) is 0 Å². The molecule has 2 rings (SSSR count). The Morgan fingerprint density at radius 1 is 1.44 bits per heavy atom. The van der Waals surface area contributed by atoms with E-state index in [1.165, 1.54) is 0 Å². The molecule has 1 unspecified atom stereocenters. The predicted molar refractivity (Wildman–Crippen MR) is 60.4 cm³/mol. The molecule has 0 aromatic heterocycles. The molecule has 1 heterocycles. The highest BCUT2D eigenvalue weighted by atomic mass is 32.2. The number of rotatable bonds is 4. The van der Waals surface area contributed by atoms with E-state index in [9.17, 15) is 8.78 Å². The monoisotopic (exact) mass is 245 g/mol. The van der Waals surface area contributed by atoms with Gasteiger partial charge in [0.25, 0.3) is 0 Å². The Kier molecular flexibility index (Phi) is 3.78. The fraction of sp³-hybridized carbons (Fsp3) is 0.455. The van der Waals surface area contributed by atoms with Crippen LogP contribution in [0.1, 0.15) is 11.6 Å². The van der Waals surface area contributed by atoms with E-state index in [-0.39, 0.29) is 5.56 Å². The highest BCUT2D eigenvalue weighted by Crippen LogP contribution is 2.25. The van der Waals surface area contributed by atoms with Gasteiger partial charge in [0.05, 0.1) is 18.5 Å². The summed E-state index contributed by atoms with van der Waals surface area (Å²) in [7, 11) is 0. The summed E-state index contributed by atoms with van der Waals surface area (Å²) in [6, 6.07) is 2.90. The zero-order valence-corrected chi connectivity index (χ0v) is 9.47. The number of ether oxygens (including phenoxy) is 1. The minimum atomic E-state index is -0.471. The highest BCUT2D eigenvalue weighted by Gasteiger charge is 2.21. The molecule has 1 aromatic carbocycles. The standard InChI is InChI=1S/C11H13F2NOS/c12-7-1-2-10(13)9(3-7)11(14)6-16-8-4-15-5-8/h1-3,8,11H,4-6,14H2. The molecule has 0 aliphatic carbocycles. The maximum Gasteiger partial charge on any atom is 0.128 e. The lowest BCUT2D eigenvalue weighted by atomic mass is 10.1. The molecule has 16 heavy (non-hydrogen) atoms. The third-order valence-corrected chi connectivity index (χ3v) is 3.77. The first kappa shape index (κ1) is 11.8. The molecule has 1 saturated heterocycles. The van der Waals surface area contributed by atoms with Gasteiger partial charge in [0.15, 0.2) is 0 Å². The van der Waals surface area contributed by atoms with Gasteiger partial charge in [0.2, 0.25) is 0 Å². The Bertz CT molecular complexity index is 371. The molecule has 0 bridgehead atoms. The summed E-state index contributed by atoms with van der Waals surface area (Å²) in [6.07, 6.45) is 0. The van der Waals surface area contributed by atoms with Gasteiger partial charge in [-0.3, -0.25) is 0 Å². The molecular weight excluding hydrogens is 232 g/mol. The lowest BCUT2D eigenvalue weighted by Crippen LogP contribution is -2.31.